The molecule has 0 spiro atoms. The molecule has 1 atom stereocenters. The van der Waals surface area contributed by atoms with Crippen molar-refractivity contribution in [3.8, 4) is 0 Å². The molecule has 1 aromatic carbocycles. The van der Waals surface area contributed by atoms with Crippen LogP contribution in [0.2, 0.25) is 0 Å². The van der Waals surface area contributed by atoms with E-state index in [1.165, 1.54) is 4.90 Å². The predicted octanol–water partition coefficient (Wildman–Crippen LogP) is 3.52. The van der Waals surface area contributed by atoms with Crippen LogP contribution in [-0.4, -0.2) is 35.2 Å². The number of benzene rings is 1. The molecule has 0 bridgehead atoms. The highest BCUT2D eigenvalue weighted by Crippen LogP contribution is 2.30. The van der Waals surface area contributed by atoms with Crippen molar-refractivity contribution in [2.75, 3.05) is 11.4 Å². The summed E-state index contributed by atoms with van der Waals surface area (Å²) in [5.74, 6) is -0.631. The molecule has 1 unspecified atom stereocenters. The Hall–Kier alpha value is -1.70. The fourth-order valence-corrected chi connectivity index (χ4v) is 4.17. The van der Waals surface area contributed by atoms with E-state index in [1.807, 2.05) is 12.1 Å². The zero-order chi connectivity index (χ0) is 18.7. The van der Waals surface area contributed by atoms with Crippen molar-refractivity contribution in [3.05, 3.63) is 40.5 Å². The van der Waals surface area contributed by atoms with Gasteiger partial charge in [0.2, 0.25) is 11.8 Å². The predicted molar refractivity (Wildman–Crippen MR) is 109 cm³/mol. The fourth-order valence-electron chi connectivity index (χ4n) is 3.81. The molecule has 26 heavy (non-hydrogen) atoms. The molecular formula is C20H23IN2O3. The van der Waals surface area contributed by atoms with Gasteiger partial charge in [0, 0.05) is 16.0 Å². The molecule has 3 amide bonds. The minimum absolute atomic E-state index is 0.0137. The number of carbonyl (C=O) groups is 3. The van der Waals surface area contributed by atoms with E-state index in [0.717, 1.165) is 35.7 Å². The second kappa shape index (κ2) is 8.33. The van der Waals surface area contributed by atoms with Crippen LogP contribution in [0.5, 0.6) is 0 Å². The molecule has 1 aliphatic carbocycles. The molecule has 138 valence electrons. The van der Waals surface area contributed by atoms with Crippen LogP contribution >= 0.6 is 22.6 Å². The molecule has 1 saturated heterocycles. The maximum absolute atomic E-state index is 13.0. The van der Waals surface area contributed by atoms with E-state index in [-0.39, 0.29) is 30.1 Å². The lowest BCUT2D eigenvalue weighted by atomic mass is 9.88. The quantitative estimate of drug-likeness (QED) is 0.379. The summed E-state index contributed by atoms with van der Waals surface area (Å²) >= 11 is 2.18. The number of anilines is 1. The lowest BCUT2D eigenvalue weighted by Gasteiger charge is -2.31. The number of hydrogen-bond acceptors (Lipinski definition) is 3. The number of imide groups is 1. The van der Waals surface area contributed by atoms with Gasteiger partial charge in [0.25, 0.3) is 5.91 Å². The Balaban J connectivity index is 1.82. The smallest absolute Gasteiger partial charge is 0.257 e. The maximum atomic E-state index is 13.0. The molecule has 0 aromatic heterocycles. The number of halogens is 1. The zero-order valence-electron chi connectivity index (χ0n) is 14.7. The van der Waals surface area contributed by atoms with E-state index in [9.17, 15) is 14.4 Å². The van der Waals surface area contributed by atoms with Gasteiger partial charge in [-0.2, -0.15) is 0 Å². The molecule has 2 aliphatic rings. The summed E-state index contributed by atoms with van der Waals surface area (Å²) in [5.41, 5.74) is 0.562. The van der Waals surface area contributed by atoms with Crippen LogP contribution < -0.4 is 4.90 Å². The van der Waals surface area contributed by atoms with Crippen molar-refractivity contribution in [1.29, 1.82) is 0 Å². The average molecular weight is 466 g/mol. The number of hydrogen-bond donors (Lipinski definition) is 0. The van der Waals surface area contributed by atoms with Crippen LogP contribution in [0.4, 0.5) is 5.69 Å². The van der Waals surface area contributed by atoms with Crippen LogP contribution in [0.1, 0.15) is 38.5 Å². The standard InChI is InChI=1S/C20H23IN2O3/c1-2-12-22(19(25)14-6-4-3-5-7-14)17-13-18(24)23(20(17)26)16-10-8-15(21)9-11-16/h2,8-11,14,17H,1,3-7,12-13H2. The van der Waals surface area contributed by atoms with E-state index >= 15 is 0 Å². The van der Waals surface area contributed by atoms with E-state index < -0.39 is 6.04 Å². The highest BCUT2D eigenvalue weighted by Gasteiger charge is 2.45. The van der Waals surface area contributed by atoms with Crippen molar-refractivity contribution in [1.82, 2.24) is 4.90 Å². The van der Waals surface area contributed by atoms with E-state index in [0.29, 0.717) is 12.2 Å². The Morgan fingerprint density at radius 3 is 2.46 bits per heavy atom. The molecule has 1 saturated carbocycles. The third kappa shape index (κ3) is 3.84. The lowest BCUT2D eigenvalue weighted by Crippen LogP contribution is -2.48. The molecule has 5 nitrogen and oxygen atoms in total. The Morgan fingerprint density at radius 2 is 1.85 bits per heavy atom. The number of amides is 3. The number of rotatable bonds is 5. The van der Waals surface area contributed by atoms with Gasteiger partial charge < -0.3 is 4.90 Å². The van der Waals surface area contributed by atoms with Gasteiger partial charge in [-0.1, -0.05) is 25.3 Å². The largest absolute Gasteiger partial charge is 0.326 e. The van der Waals surface area contributed by atoms with Crippen LogP contribution in [0, 0.1) is 9.49 Å². The van der Waals surface area contributed by atoms with Crippen molar-refractivity contribution >= 4 is 46.0 Å². The SMILES string of the molecule is C=CCN(C(=O)C1CCCCC1)C1CC(=O)N(c2ccc(I)cc2)C1=O. The third-order valence-corrected chi connectivity index (χ3v) is 5.87. The molecule has 0 N–H and O–H groups in total. The van der Waals surface area contributed by atoms with Gasteiger partial charge in [-0.05, 0) is 59.7 Å². The summed E-state index contributed by atoms with van der Waals surface area (Å²) in [7, 11) is 0. The normalized spacial score (nSPS) is 21.1. The Labute approximate surface area is 167 Å². The topological polar surface area (TPSA) is 57.7 Å². The molecule has 6 heteroatoms. The summed E-state index contributed by atoms with van der Waals surface area (Å²) in [5, 5.41) is 0. The van der Waals surface area contributed by atoms with E-state index in [1.54, 1.807) is 23.1 Å². The van der Waals surface area contributed by atoms with Gasteiger partial charge in [0.05, 0.1) is 12.1 Å². The minimum Gasteiger partial charge on any atom is -0.326 e. The Bertz CT molecular complexity index is 710. The summed E-state index contributed by atoms with van der Waals surface area (Å²) in [6.45, 7) is 4.02. The van der Waals surface area contributed by atoms with Gasteiger partial charge in [-0.3, -0.25) is 14.4 Å². The number of nitrogens with zero attached hydrogens (tertiary/aromatic N) is 2. The number of carbonyl (C=O) groups excluding carboxylic acids is 3. The van der Waals surface area contributed by atoms with Crippen LogP contribution in [0.3, 0.4) is 0 Å². The van der Waals surface area contributed by atoms with Crippen molar-refractivity contribution in [3.63, 3.8) is 0 Å². The minimum atomic E-state index is -0.728. The molecule has 3 rings (SSSR count). The van der Waals surface area contributed by atoms with Gasteiger partial charge >= 0.3 is 0 Å². The summed E-state index contributed by atoms with van der Waals surface area (Å²) in [6, 6.07) is 6.52. The fraction of sp³-hybridized carbons (Fsp3) is 0.450. The van der Waals surface area contributed by atoms with E-state index in [2.05, 4.69) is 29.2 Å². The first-order valence-corrected chi connectivity index (χ1v) is 10.1. The highest BCUT2D eigenvalue weighted by atomic mass is 127. The van der Waals surface area contributed by atoms with Crippen molar-refractivity contribution in [2.45, 2.75) is 44.6 Å². The third-order valence-electron chi connectivity index (χ3n) is 5.15. The first-order chi connectivity index (χ1) is 12.5. The van der Waals surface area contributed by atoms with Crippen LogP contribution in [0.25, 0.3) is 0 Å². The summed E-state index contributed by atoms with van der Waals surface area (Å²) in [4.78, 5) is 41.3. The van der Waals surface area contributed by atoms with Gasteiger partial charge in [0.15, 0.2) is 0 Å². The first kappa shape index (κ1) is 19.1. The molecule has 1 aromatic rings. The Morgan fingerprint density at radius 1 is 1.19 bits per heavy atom. The molecular weight excluding hydrogens is 443 g/mol. The van der Waals surface area contributed by atoms with Gasteiger partial charge in [-0.25, -0.2) is 4.90 Å². The summed E-state index contributed by atoms with van der Waals surface area (Å²) in [6.07, 6.45) is 6.65. The van der Waals surface area contributed by atoms with E-state index in [4.69, 9.17) is 0 Å². The van der Waals surface area contributed by atoms with Gasteiger partial charge in [0.1, 0.15) is 6.04 Å². The zero-order valence-corrected chi connectivity index (χ0v) is 16.9. The summed E-state index contributed by atoms with van der Waals surface area (Å²) < 4.78 is 1.03. The highest BCUT2D eigenvalue weighted by molar-refractivity contribution is 14.1. The second-order valence-corrected chi connectivity index (χ2v) is 8.12. The molecule has 1 heterocycles. The van der Waals surface area contributed by atoms with Crippen LogP contribution in [0.15, 0.2) is 36.9 Å². The molecule has 1 aliphatic heterocycles. The molecule has 0 radical (unpaired) electrons. The Kier molecular flexibility index (Phi) is 6.11. The van der Waals surface area contributed by atoms with Crippen LogP contribution in [-0.2, 0) is 14.4 Å². The molecule has 2 fully saturated rings. The monoisotopic (exact) mass is 466 g/mol. The lowest BCUT2D eigenvalue weighted by molar-refractivity contribution is -0.142. The average Bonchev–Trinajstić information content (AvgIpc) is 2.95. The second-order valence-electron chi connectivity index (χ2n) is 6.88. The van der Waals surface area contributed by atoms with Gasteiger partial charge in [-0.15, -0.1) is 6.58 Å². The first-order valence-electron chi connectivity index (χ1n) is 9.06. The van der Waals surface area contributed by atoms with Crippen molar-refractivity contribution < 1.29 is 14.4 Å². The van der Waals surface area contributed by atoms with Crippen molar-refractivity contribution in [2.24, 2.45) is 5.92 Å². The maximum Gasteiger partial charge on any atom is 0.257 e.